The minimum absolute atomic E-state index is 0.400. The first-order chi connectivity index (χ1) is 9.15. The summed E-state index contributed by atoms with van der Waals surface area (Å²) in [5, 5.41) is 9.90. The van der Waals surface area contributed by atoms with Gasteiger partial charge in [0.2, 0.25) is 5.95 Å². The Morgan fingerprint density at radius 3 is 2.74 bits per heavy atom. The van der Waals surface area contributed by atoms with E-state index in [-0.39, 0.29) is 0 Å². The number of hydrogen-bond donors (Lipinski definition) is 2. The maximum absolute atomic E-state index is 4.59. The van der Waals surface area contributed by atoms with Crippen LogP contribution in [0.2, 0.25) is 0 Å². The third kappa shape index (κ3) is 3.15. The van der Waals surface area contributed by atoms with Crippen LogP contribution in [-0.2, 0) is 0 Å². The summed E-state index contributed by atoms with van der Waals surface area (Å²) in [7, 11) is 0. The van der Waals surface area contributed by atoms with Crippen molar-refractivity contribution >= 4 is 33.3 Å². The van der Waals surface area contributed by atoms with Crippen LogP contribution in [0.5, 0.6) is 0 Å². The van der Waals surface area contributed by atoms with Gasteiger partial charge in [-0.3, -0.25) is 0 Å². The molecule has 0 amide bonds. The first-order valence-corrected chi connectivity index (χ1v) is 7.79. The van der Waals surface area contributed by atoms with Gasteiger partial charge in [-0.25, -0.2) is 4.98 Å². The van der Waals surface area contributed by atoms with Crippen molar-refractivity contribution in [2.45, 2.75) is 40.2 Å². The Morgan fingerprint density at radius 2 is 2.05 bits per heavy atom. The van der Waals surface area contributed by atoms with Crippen molar-refractivity contribution in [3.05, 3.63) is 11.4 Å². The molecule has 104 valence electrons. The lowest BCUT2D eigenvalue weighted by Gasteiger charge is -2.21. The molecule has 0 aliphatic heterocycles. The van der Waals surface area contributed by atoms with Gasteiger partial charge in [-0.15, -0.1) is 11.3 Å². The van der Waals surface area contributed by atoms with Crippen LogP contribution in [-0.4, -0.2) is 22.6 Å². The predicted molar refractivity (Wildman–Crippen MR) is 84.1 cm³/mol. The molecule has 19 heavy (non-hydrogen) atoms. The monoisotopic (exact) mass is 278 g/mol. The van der Waals surface area contributed by atoms with E-state index in [4.69, 9.17) is 0 Å². The maximum Gasteiger partial charge on any atom is 0.226 e. The average molecular weight is 278 g/mol. The average Bonchev–Trinajstić information content (AvgIpc) is 2.86. The van der Waals surface area contributed by atoms with Gasteiger partial charge >= 0.3 is 0 Å². The molecule has 0 spiro atoms. The molecular weight excluding hydrogens is 256 g/mol. The van der Waals surface area contributed by atoms with E-state index >= 15 is 0 Å². The Bertz CT molecular complexity index is 537. The van der Waals surface area contributed by atoms with Crippen LogP contribution in [0.4, 0.5) is 11.8 Å². The molecular formula is C14H22N4S. The third-order valence-electron chi connectivity index (χ3n) is 3.52. The van der Waals surface area contributed by atoms with Crippen molar-refractivity contribution < 1.29 is 0 Å². The normalized spacial score (nSPS) is 14.3. The highest BCUT2D eigenvalue weighted by molar-refractivity contribution is 7.16. The van der Waals surface area contributed by atoms with Crippen molar-refractivity contribution in [3.8, 4) is 0 Å². The fourth-order valence-corrected chi connectivity index (χ4v) is 2.68. The van der Waals surface area contributed by atoms with Crippen molar-refractivity contribution in [3.63, 3.8) is 0 Å². The van der Waals surface area contributed by atoms with Gasteiger partial charge in [-0.1, -0.05) is 20.3 Å². The molecule has 5 heteroatoms. The number of hydrogen-bond acceptors (Lipinski definition) is 5. The number of fused-ring (bicyclic) bond motifs is 1. The summed E-state index contributed by atoms with van der Waals surface area (Å²) in [4.78, 5) is 10.1. The van der Waals surface area contributed by atoms with E-state index in [1.165, 1.54) is 0 Å². The van der Waals surface area contributed by atoms with E-state index in [2.05, 4.69) is 59.7 Å². The summed E-state index contributed by atoms with van der Waals surface area (Å²) in [5.41, 5.74) is 0. The van der Waals surface area contributed by atoms with Gasteiger partial charge < -0.3 is 10.6 Å². The van der Waals surface area contributed by atoms with Crippen LogP contribution in [0, 0.1) is 5.92 Å². The number of nitrogens with one attached hydrogen (secondary N) is 2. The first kappa shape index (κ1) is 14.1. The highest BCUT2D eigenvalue weighted by Gasteiger charge is 2.14. The lowest BCUT2D eigenvalue weighted by molar-refractivity contribution is 0.494. The Morgan fingerprint density at radius 1 is 1.26 bits per heavy atom. The van der Waals surface area contributed by atoms with Gasteiger partial charge in [0.25, 0.3) is 0 Å². The largest absolute Gasteiger partial charge is 0.367 e. The summed E-state index contributed by atoms with van der Waals surface area (Å²) in [6.45, 7) is 9.57. The second-order valence-electron chi connectivity index (χ2n) is 4.88. The Labute approximate surface area is 118 Å². The summed E-state index contributed by atoms with van der Waals surface area (Å²) >= 11 is 1.65. The van der Waals surface area contributed by atoms with E-state index in [0.29, 0.717) is 17.9 Å². The Balaban J connectivity index is 2.31. The molecule has 2 unspecified atom stereocenters. The van der Waals surface area contributed by atoms with Crippen molar-refractivity contribution in [1.29, 1.82) is 0 Å². The molecule has 0 aromatic carbocycles. The molecule has 0 aliphatic carbocycles. The van der Waals surface area contributed by atoms with Gasteiger partial charge in [0.05, 0.1) is 5.39 Å². The van der Waals surface area contributed by atoms with E-state index in [0.717, 1.165) is 29.0 Å². The molecule has 0 saturated heterocycles. The van der Waals surface area contributed by atoms with Gasteiger partial charge in [0.15, 0.2) is 0 Å². The third-order valence-corrected chi connectivity index (χ3v) is 4.33. The van der Waals surface area contributed by atoms with Crippen molar-refractivity contribution in [1.82, 2.24) is 9.97 Å². The fraction of sp³-hybridized carbons (Fsp3) is 0.571. The maximum atomic E-state index is 4.59. The SMILES string of the molecule is CCNc1nc(NC(C)C(C)CC)c2ccsc2n1. The molecule has 2 N–H and O–H groups in total. The van der Waals surface area contributed by atoms with Crippen molar-refractivity contribution in [2.24, 2.45) is 5.92 Å². The zero-order valence-electron chi connectivity index (χ0n) is 12.0. The minimum atomic E-state index is 0.400. The standard InChI is InChI=1S/C14H22N4S/c1-5-9(3)10(4)16-12-11-7-8-19-13(11)18-14(17-12)15-6-2/h7-10H,5-6H2,1-4H3,(H2,15,16,17,18). The molecule has 2 aromatic rings. The zero-order chi connectivity index (χ0) is 13.8. The number of rotatable bonds is 6. The molecule has 0 radical (unpaired) electrons. The van der Waals surface area contributed by atoms with Crippen LogP contribution < -0.4 is 10.6 Å². The number of anilines is 2. The van der Waals surface area contributed by atoms with Gasteiger partial charge in [0.1, 0.15) is 10.6 Å². The van der Waals surface area contributed by atoms with Gasteiger partial charge in [0, 0.05) is 12.6 Å². The van der Waals surface area contributed by atoms with E-state index in [1.54, 1.807) is 11.3 Å². The molecule has 2 atom stereocenters. The Hall–Kier alpha value is -1.36. The second-order valence-corrected chi connectivity index (χ2v) is 5.78. The second kappa shape index (κ2) is 6.19. The van der Waals surface area contributed by atoms with Crippen molar-refractivity contribution in [2.75, 3.05) is 17.2 Å². The van der Waals surface area contributed by atoms with E-state index < -0.39 is 0 Å². The lowest BCUT2D eigenvalue weighted by atomic mass is 10.0. The van der Waals surface area contributed by atoms with Crippen LogP contribution in [0.25, 0.3) is 10.2 Å². The molecule has 0 fully saturated rings. The quantitative estimate of drug-likeness (QED) is 0.839. The number of nitrogens with zero attached hydrogens (tertiary/aromatic N) is 2. The summed E-state index contributed by atoms with van der Waals surface area (Å²) in [5.74, 6) is 2.26. The Kier molecular flexibility index (Phi) is 4.58. The minimum Gasteiger partial charge on any atom is -0.367 e. The van der Waals surface area contributed by atoms with Gasteiger partial charge in [-0.05, 0) is 31.2 Å². The van der Waals surface area contributed by atoms with Crippen LogP contribution >= 0.6 is 11.3 Å². The number of aromatic nitrogens is 2. The highest BCUT2D eigenvalue weighted by Crippen LogP contribution is 2.27. The van der Waals surface area contributed by atoms with E-state index in [9.17, 15) is 0 Å². The summed E-state index contributed by atoms with van der Waals surface area (Å²) in [6.07, 6.45) is 1.16. The molecule has 0 bridgehead atoms. The number of thiophene rings is 1. The van der Waals surface area contributed by atoms with Crippen LogP contribution in [0.15, 0.2) is 11.4 Å². The summed E-state index contributed by atoms with van der Waals surface area (Å²) in [6, 6.07) is 2.49. The molecule has 0 aliphatic rings. The highest BCUT2D eigenvalue weighted by atomic mass is 32.1. The first-order valence-electron chi connectivity index (χ1n) is 6.91. The van der Waals surface area contributed by atoms with Crippen LogP contribution in [0.1, 0.15) is 34.1 Å². The smallest absolute Gasteiger partial charge is 0.226 e. The zero-order valence-corrected chi connectivity index (χ0v) is 12.8. The van der Waals surface area contributed by atoms with Gasteiger partial charge in [-0.2, -0.15) is 4.98 Å². The van der Waals surface area contributed by atoms with Crippen LogP contribution in [0.3, 0.4) is 0 Å². The molecule has 2 rings (SSSR count). The molecule has 2 aromatic heterocycles. The lowest BCUT2D eigenvalue weighted by Crippen LogP contribution is -2.24. The molecule has 2 heterocycles. The topological polar surface area (TPSA) is 49.8 Å². The molecule has 0 saturated carbocycles. The predicted octanol–water partition coefficient (Wildman–Crippen LogP) is 3.97. The van der Waals surface area contributed by atoms with E-state index in [1.807, 2.05) is 0 Å². The molecule has 4 nitrogen and oxygen atoms in total. The summed E-state index contributed by atoms with van der Waals surface area (Å²) < 4.78 is 0. The fourth-order valence-electron chi connectivity index (χ4n) is 1.91.